The van der Waals surface area contributed by atoms with Crippen LogP contribution in [0.25, 0.3) is 0 Å². The summed E-state index contributed by atoms with van der Waals surface area (Å²) in [6, 6.07) is 8.33. The SMILES string of the molecule is COCCCOc1c[c]ccc1OC. The highest BCUT2D eigenvalue weighted by molar-refractivity contribution is 5.38. The van der Waals surface area contributed by atoms with Crippen molar-refractivity contribution in [1.82, 2.24) is 0 Å². The topological polar surface area (TPSA) is 27.7 Å². The Morgan fingerprint density at radius 1 is 1.21 bits per heavy atom. The molecule has 77 valence electrons. The highest BCUT2D eigenvalue weighted by atomic mass is 16.5. The van der Waals surface area contributed by atoms with E-state index in [9.17, 15) is 0 Å². The summed E-state index contributed by atoms with van der Waals surface area (Å²) < 4.78 is 15.5. The van der Waals surface area contributed by atoms with Crippen LogP contribution in [0.1, 0.15) is 6.42 Å². The molecule has 0 saturated heterocycles. The minimum absolute atomic E-state index is 0.627. The Balaban J connectivity index is 2.41. The summed E-state index contributed by atoms with van der Waals surface area (Å²) in [4.78, 5) is 0. The first-order chi connectivity index (χ1) is 6.88. The average Bonchev–Trinajstić information content (AvgIpc) is 2.25. The van der Waals surface area contributed by atoms with Crippen molar-refractivity contribution in [2.24, 2.45) is 0 Å². The van der Waals surface area contributed by atoms with Gasteiger partial charge in [-0.3, -0.25) is 0 Å². The van der Waals surface area contributed by atoms with Crippen molar-refractivity contribution >= 4 is 0 Å². The quantitative estimate of drug-likeness (QED) is 0.649. The molecule has 14 heavy (non-hydrogen) atoms. The largest absolute Gasteiger partial charge is 0.493 e. The number of benzene rings is 1. The number of hydrogen-bond acceptors (Lipinski definition) is 3. The molecule has 0 aromatic heterocycles. The zero-order valence-corrected chi connectivity index (χ0v) is 8.58. The van der Waals surface area contributed by atoms with Crippen molar-refractivity contribution in [3.8, 4) is 11.5 Å². The average molecular weight is 195 g/mol. The van der Waals surface area contributed by atoms with E-state index >= 15 is 0 Å². The molecule has 0 aliphatic heterocycles. The predicted molar refractivity (Wildman–Crippen MR) is 53.8 cm³/mol. The van der Waals surface area contributed by atoms with Gasteiger partial charge in [-0.2, -0.15) is 0 Å². The van der Waals surface area contributed by atoms with Gasteiger partial charge in [-0.1, -0.05) is 6.07 Å². The maximum atomic E-state index is 5.49. The Hall–Kier alpha value is -1.22. The van der Waals surface area contributed by atoms with Crippen molar-refractivity contribution in [2.75, 3.05) is 27.4 Å². The molecule has 0 aliphatic carbocycles. The van der Waals surface area contributed by atoms with Crippen LogP contribution >= 0.6 is 0 Å². The van der Waals surface area contributed by atoms with Gasteiger partial charge in [0.25, 0.3) is 0 Å². The lowest BCUT2D eigenvalue weighted by atomic mass is 10.3. The van der Waals surface area contributed by atoms with Crippen molar-refractivity contribution in [2.45, 2.75) is 6.42 Å². The van der Waals surface area contributed by atoms with Gasteiger partial charge in [0.15, 0.2) is 11.5 Å². The Morgan fingerprint density at radius 3 is 2.79 bits per heavy atom. The second-order valence-electron chi connectivity index (χ2n) is 2.77. The second kappa shape index (κ2) is 6.27. The number of rotatable bonds is 6. The molecule has 0 amide bonds. The van der Waals surface area contributed by atoms with E-state index in [1.807, 2.05) is 6.07 Å². The Bertz CT molecular complexity index is 260. The van der Waals surface area contributed by atoms with Gasteiger partial charge in [0.05, 0.1) is 13.7 Å². The van der Waals surface area contributed by atoms with Crippen LogP contribution in [0.15, 0.2) is 18.2 Å². The third-order valence-electron chi connectivity index (χ3n) is 1.76. The van der Waals surface area contributed by atoms with E-state index in [-0.39, 0.29) is 0 Å². The Kier molecular flexibility index (Phi) is 4.86. The van der Waals surface area contributed by atoms with Crippen LogP contribution in [0.5, 0.6) is 11.5 Å². The third kappa shape index (κ3) is 3.26. The maximum absolute atomic E-state index is 5.49. The van der Waals surface area contributed by atoms with Gasteiger partial charge in [0, 0.05) is 20.1 Å². The van der Waals surface area contributed by atoms with E-state index in [0.29, 0.717) is 13.2 Å². The van der Waals surface area contributed by atoms with E-state index in [0.717, 1.165) is 17.9 Å². The zero-order valence-electron chi connectivity index (χ0n) is 8.58. The second-order valence-corrected chi connectivity index (χ2v) is 2.77. The molecule has 0 heterocycles. The first-order valence-electron chi connectivity index (χ1n) is 4.54. The van der Waals surface area contributed by atoms with Gasteiger partial charge in [0.2, 0.25) is 0 Å². The zero-order chi connectivity index (χ0) is 10.2. The summed E-state index contributed by atoms with van der Waals surface area (Å²) in [6.07, 6.45) is 0.870. The summed E-state index contributed by atoms with van der Waals surface area (Å²) in [5.41, 5.74) is 0. The number of ether oxygens (including phenoxy) is 3. The fraction of sp³-hybridized carbons (Fsp3) is 0.455. The highest BCUT2D eigenvalue weighted by Crippen LogP contribution is 2.25. The monoisotopic (exact) mass is 195 g/mol. The van der Waals surface area contributed by atoms with E-state index in [2.05, 4.69) is 6.07 Å². The van der Waals surface area contributed by atoms with Crippen LogP contribution in [0, 0.1) is 6.07 Å². The van der Waals surface area contributed by atoms with Gasteiger partial charge in [-0.05, 0) is 18.2 Å². The Morgan fingerprint density at radius 2 is 2.07 bits per heavy atom. The van der Waals surface area contributed by atoms with Crippen LogP contribution in [0.4, 0.5) is 0 Å². The summed E-state index contributed by atoms with van der Waals surface area (Å²) in [6.45, 7) is 1.33. The molecule has 3 heteroatoms. The number of hydrogen-bond donors (Lipinski definition) is 0. The van der Waals surface area contributed by atoms with E-state index in [1.165, 1.54) is 0 Å². The van der Waals surface area contributed by atoms with E-state index in [1.54, 1.807) is 26.4 Å². The van der Waals surface area contributed by atoms with Gasteiger partial charge in [-0.25, -0.2) is 0 Å². The van der Waals surface area contributed by atoms with Gasteiger partial charge >= 0.3 is 0 Å². The summed E-state index contributed by atoms with van der Waals surface area (Å²) >= 11 is 0. The molecule has 1 aromatic carbocycles. The van der Waals surface area contributed by atoms with Crippen LogP contribution in [-0.4, -0.2) is 27.4 Å². The molecule has 1 rings (SSSR count). The van der Waals surface area contributed by atoms with Crippen molar-refractivity contribution in [3.63, 3.8) is 0 Å². The minimum atomic E-state index is 0.627. The summed E-state index contributed by atoms with van der Waals surface area (Å²) in [5.74, 6) is 1.47. The normalized spacial score (nSPS) is 9.86. The smallest absolute Gasteiger partial charge is 0.161 e. The predicted octanol–water partition coefficient (Wildman–Crippen LogP) is 1.91. The molecule has 1 radical (unpaired) electrons. The lowest BCUT2D eigenvalue weighted by molar-refractivity contribution is 0.170. The van der Waals surface area contributed by atoms with Crippen LogP contribution in [-0.2, 0) is 4.74 Å². The van der Waals surface area contributed by atoms with Crippen LogP contribution in [0.2, 0.25) is 0 Å². The Labute approximate surface area is 84.6 Å². The van der Waals surface area contributed by atoms with Crippen molar-refractivity contribution in [3.05, 3.63) is 24.3 Å². The van der Waals surface area contributed by atoms with Gasteiger partial charge in [-0.15, -0.1) is 0 Å². The maximum Gasteiger partial charge on any atom is 0.161 e. The molecular weight excluding hydrogens is 180 g/mol. The van der Waals surface area contributed by atoms with Gasteiger partial charge < -0.3 is 14.2 Å². The fourth-order valence-corrected chi connectivity index (χ4v) is 1.07. The molecule has 0 spiro atoms. The minimum Gasteiger partial charge on any atom is -0.493 e. The standard InChI is InChI=1S/C11H15O3/c1-12-8-5-9-14-11-7-4-3-6-10(11)13-2/h3,6-7H,5,8-9H2,1-2H3. The fourth-order valence-electron chi connectivity index (χ4n) is 1.07. The third-order valence-corrected chi connectivity index (χ3v) is 1.76. The first-order valence-corrected chi connectivity index (χ1v) is 4.54. The van der Waals surface area contributed by atoms with Crippen molar-refractivity contribution in [1.29, 1.82) is 0 Å². The van der Waals surface area contributed by atoms with Crippen LogP contribution in [0.3, 0.4) is 0 Å². The van der Waals surface area contributed by atoms with Crippen molar-refractivity contribution < 1.29 is 14.2 Å². The lowest BCUT2D eigenvalue weighted by Crippen LogP contribution is -2.02. The molecule has 0 fully saturated rings. The summed E-state index contributed by atoms with van der Waals surface area (Å²) in [7, 11) is 3.30. The molecular formula is C11H15O3. The van der Waals surface area contributed by atoms with Crippen LogP contribution < -0.4 is 9.47 Å². The van der Waals surface area contributed by atoms with E-state index in [4.69, 9.17) is 14.2 Å². The molecule has 0 aliphatic rings. The molecule has 1 aromatic rings. The molecule has 0 unspecified atom stereocenters. The summed E-state index contributed by atoms with van der Waals surface area (Å²) in [5, 5.41) is 0. The lowest BCUT2D eigenvalue weighted by Gasteiger charge is -2.09. The molecule has 0 N–H and O–H groups in total. The molecule has 0 saturated carbocycles. The van der Waals surface area contributed by atoms with E-state index < -0.39 is 0 Å². The first kappa shape index (κ1) is 10.9. The highest BCUT2D eigenvalue weighted by Gasteiger charge is 2.01. The molecule has 0 atom stereocenters. The number of methoxy groups -OCH3 is 2. The van der Waals surface area contributed by atoms with Gasteiger partial charge in [0.1, 0.15) is 0 Å². The molecule has 3 nitrogen and oxygen atoms in total. The molecule has 0 bridgehead atoms.